The zero-order valence-corrected chi connectivity index (χ0v) is 11.7. The summed E-state index contributed by atoms with van der Waals surface area (Å²) in [6.07, 6.45) is 1.53. The number of hydrogen-bond acceptors (Lipinski definition) is 4. The second-order valence-corrected chi connectivity index (χ2v) is 5.44. The van der Waals surface area contributed by atoms with Gasteiger partial charge < -0.3 is 20.1 Å². The molecular weight excluding hydrogens is 232 g/mol. The van der Waals surface area contributed by atoms with Crippen LogP contribution in [0.15, 0.2) is 0 Å². The summed E-state index contributed by atoms with van der Waals surface area (Å²) < 4.78 is 5.70. The van der Waals surface area contributed by atoms with E-state index in [1.807, 2.05) is 0 Å². The lowest BCUT2D eigenvalue weighted by Crippen LogP contribution is -2.58. The number of aliphatic hydroxyl groups excluding tert-OH is 3. The van der Waals surface area contributed by atoms with E-state index in [-0.39, 0.29) is 12.0 Å². The molecule has 6 atom stereocenters. The summed E-state index contributed by atoms with van der Waals surface area (Å²) >= 11 is 0. The molecule has 0 aromatic rings. The largest absolute Gasteiger partial charge is 0.388 e. The minimum absolute atomic E-state index is 0.246. The van der Waals surface area contributed by atoms with E-state index in [0.29, 0.717) is 0 Å². The SMILES string of the molecule is CCCCCC(CC)[C@@H]1O[C@@H](C)[C@H](O)[C@@H](O)[C@H]1O. The average molecular weight is 260 g/mol. The second-order valence-electron chi connectivity index (χ2n) is 5.44. The fraction of sp³-hybridized carbons (Fsp3) is 1.00. The lowest BCUT2D eigenvalue weighted by atomic mass is 9.84. The summed E-state index contributed by atoms with van der Waals surface area (Å²) in [6, 6.07) is 0. The molecule has 0 aromatic carbocycles. The van der Waals surface area contributed by atoms with Crippen LogP contribution in [0.2, 0.25) is 0 Å². The standard InChI is InChI=1S/C14H28O4/c1-4-6-7-8-10(5-2)14-13(17)12(16)11(15)9(3)18-14/h9-17H,4-8H2,1-3H3/t9-,10?,11-,12+,13+,14-/m0/s1. The van der Waals surface area contributed by atoms with Crippen molar-refractivity contribution in [2.45, 2.75) is 83.4 Å². The molecule has 1 aliphatic heterocycles. The van der Waals surface area contributed by atoms with Gasteiger partial charge >= 0.3 is 0 Å². The monoisotopic (exact) mass is 260 g/mol. The summed E-state index contributed by atoms with van der Waals surface area (Å²) in [5.41, 5.74) is 0. The van der Waals surface area contributed by atoms with Gasteiger partial charge in [-0.25, -0.2) is 0 Å². The molecule has 1 fully saturated rings. The summed E-state index contributed by atoms with van der Waals surface area (Å²) in [4.78, 5) is 0. The number of ether oxygens (including phenoxy) is 1. The Morgan fingerprint density at radius 1 is 1.00 bits per heavy atom. The van der Waals surface area contributed by atoms with Crippen molar-refractivity contribution in [3.8, 4) is 0 Å². The quantitative estimate of drug-likeness (QED) is 0.632. The third-order valence-corrected chi connectivity index (χ3v) is 4.06. The first-order chi connectivity index (χ1) is 8.52. The normalized spacial score (nSPS) is 38.7. The lowest BCUT2D eigenvalue weighted by molar-refractivity contribution is -0.230. The van der Waals surface area contributed by atoms with E-state index in [2.05, 4.69) is 13.8 Å². The van der Waals surface area contributed by atoms with Gasteiger partial charge in [0.1, 0.15) is 18.3 Å². The minimum Gasteiger partial charge on any atom is -0.388 e. The fourth-order valence-electron chi connectivity index (χ4n) is 2.73. The predicted octanol–water partition coefficient (Wildman–Crippen LogP) is 1.46. The number of unbranched alkanes of at least 4 members (excludes halogenated alkanes) is 2. The molecule has 1 rings (SSSR count). The molecule has 3 N–H and O–H groups in total. The highest BCUT2D eigenvalue weighted by Crippen LogP contribution is 2.30. The van der Waals surface area contributed by atoms with Crippen LogP contribution >= 0.6 is 0 Å². The molecule has 0 saturated carbocycles. The van der Waals surface area contributed by atoms with E-state index < -0.39 is 24.4 Å². The smallest absolute Gasteiger partial charge is 0.111 e. The van der Waals surface area contributed by atoms with Gasteiger partial charge in [0.2, 0.25) is 0 Å². The van der Waals surface area contributed by atoms with Crippen LogP contribution < -0.4 is 0 Å². The van der Waals surface area contributed by atoms with Gasteiger partial charge in [-0.1, -0.05) is 39.5 Å². The first-order valence-corrected chi connectivity index (χ1v) is 7.22. The molecule has 0 radical (unpaired) electrons. The molecule has 108 valence electrons. The topological polar surface area (TPSA) is 69.9 Å². The van der Waals surface area contributed by atoms with Crippen LogP contribution in [0.5, 0.6) is 0 Å². The average Bonchev–Trinajstić information content (AvgIpc) is 2.37. The van der Waals surface area contributed by atoms with Gasteiger partial charge in [-0.15, -0.1) is 0 Å². The molecule has 4 nitrogen and oxygen atoms in total. The van der Waals surface area contributed by atoms with E-state index >= 15 is 0 Å². The Kier molecular flexibility index (Phi) is 6.57. The summed E-state index contributed by atoms with van der Waals surface area (Å²) in [5, 5.41) is 29.5. The molecule has 1 aliphatic rings. The van der Waals surface area contributed by atoms with Crippen LogP contribution in [0.4, 0.5) is 0 Å². The third kappa shape index (κ3) is 3.67. The molecule has 1 unspecified atom stereocenters. The summed E-state index contributed by atoms with van der Waals surface area (Å²) in [5.74, 6) is 0.246. The maximum Gasteiger partial charge on any atom is 0.111 e. The van der Waals surface area contributed by atoms with Crippen molar-refractivity contribution in [1.82, 2.24) is 0 Å². The Hall–Kier alpha value is -0.160. The zero-order valence-electron chi connectivity index (χ0n) is 11.7. The van der Waals surface area contributed by atoms with Crippen molar-refractivity contribution in [3.05, 3.63) is 0 Å². The first-order valence-electron chi connectivity index (χ1n) is 7.22. The molecule has 1 heterocycles. The van der Waals surface area contributed by atoms with Gasteiger partial charge in [0, 0.05) is 0 Å². The molecule has 0 aromatic heterocycles. The van der Waals surface area contributed by atoms with E-state index in [0.717, 1.165) is 19.3 Å². The highest BCUT2D eigenvalue weighted by Gasteiger charge is 2.44. The molecule has 0 bridgehead atoms. The van der Waals surface area contributed by atoms with Crippen molar-refractivity contribution in [1.29, 1.82) is 0 Å². The lowest BCUT2D eigenvalue weighted by Gasteiger charge is -2.42. The van der Waals surface area contributed by atoms with Crippen LogP contribution in [0, 0.1) is 5.92 Å². The Morgan fingerprint density at radius 3 is 2.22 bits per heavy atom. The van der Waals surface area contributed by atoms with Gasteiger partial charge in [-0.3, -0.25) is 0 Å². The Balaban J connectivity index is 2.60. The third-order valence-electron chi connectivity index (χ3n) is 4.06. The minimum atomic E-state index is -1.10. The predicted molar refractivity (Wildman–Crippen MR) is 70.3 cm³/mol. The number of aliphatic hydroxyl groups is 3. The van der Waals surface area contributed by atoms with Crippen molar-refractivity contribution in [3.63, 3.8) is 0 Å². The second kappa shape index (κ2) is 7.43. The first kappa shape index (κ1) is 15.9. The maximum absolute atomic E-state index is 10.0. The van der Waals surface area contributed by atoms with Crippen LogP contribution in [0.3, 0.4) is 0 Å². The summed E-state index contributed by atoms with van der Waals surface area (Å²) in [7, 11) is 0. The van der Waals surface area contributed by atoms with E-state index in [4.69, 9.17) is 4.74 Å². The van der Waals surface area contributed by atoms with Crippen molar-refractivity contribution in [2.24, 2.45) is 5.92 Å². The van der Waals surface area contributed by atoms with Gasteiger partial charge in [0.25, 0.3) is 0 Å². The Morgan fingerprint density at radius 2 is 1.67 bits per heavy atom. The fourth-order valence-corrected chi connectivity index (χ4v) is 2.73. The van der Waals surface area contributed by atoms with Gasteiger partial charge in [0.15, 0.2) is 0 Å². The van der Waals surface area contributed by atoms with Gasteiger partial charge in [0.05, 0.1) is 12.2 Å². The molecule has 1 saturated heterocycles. The van der Waals surface area contributed by atoms with Gasteiger partial charge in [-0.05, 0) is 19.3 Å². The Bertz CT molecular complexity index is 234. The highest BCUT2D eigenvalue weighted by atomic mass is 16.5. The molecule has 0 aliphatic carbocycles. The molecule has 0 amide bonds. The van der Waals surface area contributed by atoms with Crippen LogP contribution in [-0.2, 0) is 4.74 Å². The van der Waals surface area contributed by atoms with E-state index in [1.165, 1.54) is 12.8 Å². The highest BCUT2D eigenvalue weighted by molar-refractivity contribution is 4.93. The number of rotatable bonds is 6. The van der Waals surface area contributed by atoms with Crippen molar-refractivity contribution in [2.75, 3.05) is 0 Å². The van der Waals surface area contributed by atoms with Crippen LogP contribution in [-0.4, -0.2) is 45.8 Å². The zero-order chi connectivity index (χ0) is 13.7. The van der Waals surface area contributed by atoms with Crippen LogP contribution in [0.1, 0.15) is 52.9 Å². The maximum atomic E-state index is 10.0. The van der Waals surface area contributed by atoms with E-state index in [1.54, 1.807) is 6.92 Å². The van der Waals surface area contributed by atoms with Crippen molar-refractivity contribution < 1.29 is 20.1 Å². The summed E-state index contributed by atoms with van der Waals surface area (Å²) in [6.45, 7) is 5.98. The Labute approximate surface area is 110 Å². The number of hydrogen-bond donors (Lipinski definition) is 3. The molecular formula is C14H28O4. The van der Waals surface area contributed by atoms with Gasteiger partial charge in [-0.2, -0.15) is 0 Å². The van der Waals surface area contributed by atoms with Crippen molar-refractivity contribution >= 4 is 0 Å². The van der Waals surface area contributed by atoms with E-state index in [9.17, 15) is 15.3 Å². The molecule has 0 spiro atoms. The molecule has 18 heavy (non-hydrogen) atoms. The van der Waals surface area contributed by atoms with Crippen LogP contribution in [0.25, 0.3) is 0 Å². The molecule has 4 heteroatoms.